The number of rotatable bonds is 5. The minimum Gasteiger partial charge on any atom is -0.492 e. The van der Waals surface area contributed by atoms with Crippen molar-refractivity contribution < 1.29 is 4.74 Å². The van der Waals surface area contributed by atoms with Crippen molar-refractivity contribution >= 4 is 23.2 Å². The highest BCUT2D eigenvalue weighted by Gasteiger charge is 2.14. The summed E-state index contributed by atoms with van der Waals surface area (Å²) in [6.07, 6.45) is 0.713. The molecule has 2 aromatic rings. The molecule has 0 aromatic heterocycles. The van der Waals surface area contributed by atoms with Gasteiger partial charge in [0.25, 0.3) is 0 Å². The predicted molar refractivity (Wildman–Crippen MR) is 84.7 cm³/mol. The first-order valence-corrected chi connectivity index (χ1v) is 7.28. The number of benzene rings is 2. The van der Waals surface area contributed by atoms with E-state index in [0.717, 1.165) is 5.56 Å². The topological polar surface area (TPSA) is 35.2 Å². The Kier molecular flexibility index (Phi) is 5.30. The zero-order valence-corrected chi connectivity index (χ0v) is 12.8. The van der Waals surface area contributed by atoms with Gasteiger partial charge in [-0.2, -0.15) is 0 Å². The summed E-state index contributed by atoms with van der Waals surface area (Å²) in [5.41, 5.74) is 8.24. The summed E-state index contributed by atoms with van der Waals surface area (Å²) in [6.45, 7) is 2.45. The minimum atomic E-state index is -0.196. The first kappa shape index (κ1) is 15.2. The molecule has 1 unspecified atom stereocenters. The van der Waals surface area contributed by atoms with Crippen molar-refractivity contribution in [2.45, 2.75) is 19.4 Å². The molecule has 0 spiro atoms. The number of halogens is 2. The molecule has 0 saturated carbocycles. The number of nitrogens with two attached hydrogens (primary N) is 1. The molecule has 0 fully saturated rings. The second-order valence-corrected chi connectivity index (χ2v) is 5.35. The van der Waals surface area contributed by atoms with E-state index in [1.807, 2.05) is 37.3 Å². The van der Waals surface area contributed by atoms with Crippen LogP contribution in [0.15, 0.2) is 42.5 Å². The molecule has 4 heteroatoms. The SMILES string of the molecule is CCOc1cc(Cl)c(C(N)Cc2ccccc2)cc1Cl. The van der Waals surface area contributed by atoms with Gasteiger partial charge in [-0.25, -0.2) is 0 Å². The molecule has 0 aliphatic carbocycles. The molecule has 106 valence electrons. The van der Waals surface area contributed by atoms with Crippen molar-refractivity contribution in [2.24, 2.45) is 5.73 Å². The van der Waals surface area contributed by atoms with Crippen molar-refractivity contribution in [3.63, 3.8) is 0 Å². The summed E-state index contributed by atoms with van der Waals surface area (Å²) in [4.78, 5) is 0. The molecule has 0 aliphatic rings. The van der Waals surface area contributed by atoms with Crippen LogP contribution in [0, 0.1) is 0 Å². The smallest absolute Gasteiger partial charge is 0.139 e. The minimum absolute atomic E-state index is 0.196. The van der Waals surface area contributed by atoms with Crippen LogP contribution >= 0.6 is 23.2 Å². The van der Waals surface area contributed by atoms with Gasteiger partial charge in [0.15, 0.2) is 0 Å². The second kappa shape index (κ2) is 6.98. The lowest BCUT2D eigenvalue weighted by atomic mass is 9.99. The van der Waals surface area contributed by atoms with Gasteiger partial charge in [-0.1, -0.05) is 53.5 Å². The van der Waals surface area contributed by atoms with E-state index >= 15 is 0 Å². The maximum Gasteiger partial charge on any atom is 0.139 e. The molecule has 2 N–H and O–H groups in total. The molecule has 0 amide bonds. The Morgan fingerprint density at radius 2 is 1.80 bits per heavy atom. The summed E-state index contributed by atoms with van der Waals surface area (Å²) < 4.78 is 5.41. The van der Waals surface area contributed by atoms with Gasteiger partial charge in [0.2, 0.25) is 0 Å². The quantitative estimate of drug-likeness (QED) is 0.873. The highest BCUT2D eigenvalue weighted by atomic mass is 35.5. The van der Waals surface area contributed by atoms with Crippen LogP contribution in [0.3, 0.4) is 0 Å². The lowest BCUT2D eigenvalue weighted by Gasteiger charge is -2.16. The average molecular weight is 310 g/mol. The van der Waals surface area contributed by atoms with Crippen LogP contribution in [-0.4, -0.2) is 6.61 Å². The molecule has 20 heavy (non-hydrogen) atoms. The van der Waals surface area contributed by atoms with Crippen LogP contribution in [-0.2, 0) is 6.42 Å². The van der Waals surface area contributed by atoms with Crippen molar-refractivity contribution in [1.82, 2.24) is 0 Å². The Morgan fingerprint density at radius 3 is 2.45 bits per heavy atom. The van der Waals surface area contributed by atoms with Crippen LogP contribution in [0.2, 0.25) is 10.0 Å². The fourth-order valence-electron chi connectivity index (χ4n) is 2.07. The van der Waals surface area contributed by atoms with E-state index in [1.54, 1.807) is 12.1 Å². The van der Waals surface area contributed by atoms with Crippen LogP contribution in [0.4, 0.5) is 0 Å². The summed E-state index contributed by atoms with van der Waals surface area (Å²) in [6, 6.07) is 13.4. The first-order valence-electron chi connectivity index (χ1n) is 6.53. The van der Waals surface area contributed by atoms with Crippen LogP contribution in [0.5, 0.6) is 5.75 Å². The normalized spacial score (nSPS) is 12.2. The molecule has 2 nitrogen and oxygen atoms in total. The van der Waals surface area contributed by atoms with E-state index < -0.39 is 0 Å². The Balaban J connectivity index is 2.22. The molecule has 0 aliphatic heterocycles. The van der Waals surface area contributed by atoms with Crippen molar-refractivity contribution in [3.8, 4) is 5.75 Å². The maximum absolute atomic E-state index is 6.28. The highest BCUT2D eigenvalue weighted by molar-refractivity contribution is 6.34. The third-order valence-corrected chi connectivity index (χ3v) is 3.67. The molecule has 0 saturated heterocycles. The fourth-order valence-corrected chi connectivity index (χ4v) is 2.59. The number of hydrogen-bond donors (Lipinski definition) is 1. The molecule has 2 rings (SSSR count). The number of ether oxygens (including phenoxy) is 1. The van der Waals surface area contributed by atoms with Crippen LogP contribution in [0.1, 0.15) is 24.1 Å². The van der Waals surface area contributed by atoms with E-state index in [9.17, 15) is 0 Å². The Bertz CT molecular complexity index is 572. The Morgan fingerprint density at radius 1 is 1.10 bits per heavy atom. The van der Waals surface area contributed by atoms with Crippen LogP contribution in [0.25, 0.3) is 0 Å². The zero-order chi connectivity index (χ0) is 14.5. The summed E-state index contributed by atoms with van der Waals surface area (Å²) in [5.74, 6) is 0.592. The summed E-state index contributed by atoms with van der Waals surface area (Å²) in [5, 5.41) is 1.12. The van der Waals surface area contributed by atoms with Gasteiger partial charge in [-0.15, -0.1) is 0 Å². The molecular weight excluding hydrogens is 293 g/mol. The van der Waals surface area contributed by atoms with Crippen molar-refractivity contribution in [2.75, 3.05) is 6.61 Å². The molecular formula is C16H17Cl2NO. The third-order valence-electron chi connectivity index (χ3n) is 3.05. The lowest BCUT2D eigenvalue weighted by Crippen LogP contribution is -2.14. The van der Waals surface area contributed by atoms with Gasteiger partial charge >= 0.3 is 0 Å². The van der Waals surface area contributed by atoms with Crippen molar-refractivity contribution in [1.29, 1.82) is 0 Å². The Labute approximate surface area is 129 Å². The van der Waals surface area contributed by atoms with E-state index in [2.05, 4.69) is 0 Å². The molecule has 2 aromatic carbocycles. The van der Waals surface area contributed by atoms with E-state index in [1.165, 1.54) is 5.56 Å². The monoisotopic (exact) mass is 309 g/mol. The largest absolute Gasteiger partial charge is 0.492 e. The predicted octanol–water partition coefficient (Wildman–Crippen LogP) is 4.63. The average Bonchev–Trinajstić information content (AvgIpc) is 2.43. The standard InChI is InChI=1S/C16H17Cl2NO/c1-2-20-16-10-13(17)12(9-14(16)18)15(19)8-11-6-4-3-5-7-11/h3-7,9-10,15H,2,8,19H2,1H3. The molecule has 0 bridgehead atoms. The van der Waals surface area contributed by atoms with Gasteiger partial charge in [0, 0.05) is 17.1 Å². The van der Waals surface area contributed by atoms with Gasteiger partial charge in [-0.3, -0.25) is 0 Å². The molecule has 1 atom stereocenters. The lowest BCUT2D eigenvalue weighted by molar-refractivity contribution is 0.340. The fraction of sp³-hybridized carbons (Fsp3) is 0.250. The summed E-state index contributed by atoms with van der Waals surface area (Å²) in [7, 11) is 0. The second-order valence-electron chi connectivity index (χ2n) is 4.53. The Hall–Kier alpha value is -1.22. The van der Waals surface area contributed by atoms with Crippen molar-refractivity contribution in [3.05, 3.63) is 63.6 Å². The van der Waals surface area contributed by atoms with Crippen LogP contribution < -0.4 is 10.5 Å². The van der Waals surface area contributed by atoms with Gasteiger partial charge < -0.3 is 10.5 Å². The molecule has 0 heterocycles. The maximum atomic E-state index is 6.28. The summed E-state index contributed by atoms with van der Waals surface area (Å²) >= 11 is 12.5. The zero-order valence-electron chi connectivity index (χ0n) is 11.3. The van der Waals surface area contributed by atoms with E-state index in [0.29, 0.717) is 28.8 Å². The van der Waals surface area contributed by atoms with Gasteiger partial charge in [-0.05, 0) is 30.5 Å². The number of hydrogen-bond acceptors (Lipinski definition) is 2. The van der Waals surface area contributed by atoms with E-state index in [-0.39, 0.29) is 6.04 Å². The first-order chi connectivity index (χ1) is 9.61. The van der Waals surface area contributed by atoms with Gasteiger partial charge in [0.1, 0.15) is 5.75 Å². The van der Waals surface area contributed by atoms with E-state index in [4.69, 9.17) is 33.7 Å². The molecule has 0 radical (unpaired) electrons. The third kappa shape index (κ3) is 3.66. The van der Waals surface area contributed by atoms with Gasteiger partial charge in [0.05, 0.1) is 11.6 Å². The highest BCUT2D eigenvalue weighted by Crippen LogP contribution is 2.34.